The lowest BCUT2D eigenvalue weighted by Gasteiger charge is -2.58. The molecule has 6 heteroatoms. The number of rotatable bonds is 6. The molecule has 0 spiro atoms. The highest BCUT2D eigenvalue weighted by atomic mass is 16.5. The van der Waals surface area contributed by atoms with Gasteiger partial charge < -0.3 is 14.7 Å². The van der Waals surface area contributed by atoms with Crippen molar-refractivity contribution in [2.45, 2.75) is 110 Å². The molecule has 3 saturated carbocycles. The fraction of sp³-hybridized carbons (Fsp3) is 0.788. The summed E-state index contributed by atoms with van der Waals surface area (Å²) < 4.78 is 6.04. The SMILES string of the molecule is CC(CCC(=O)N1CCC[C@H](Oc2ccncn2)C1)[C@H]1CC[C@H]2[C@@H]3CC=C4C[C@@H](O)CC[C@]4(C)[C@H]3CC[C@]12C. The fourth-order valence-electron chi connectivity index (χ4n) is 10.1. The van der Waals surface area contributed by atoms with Gasteiger partial charge in [0.15, 0.2) is 0 Å². The van der Waals surface area contributed by atoms with Crippen LogP contribution in [0.3, 0.4) is 0 Å². The Kier molecular flexibility index (Phi) is 7.54. The van der Waals surface area contributed by atoms with E-state index < -0.39 is 0 Å². The molecule has 5 aliphatic rings. The first kappa shape index (κ1) is 27.2. The molecule has 4 aliphatic carbocycles. The van der Waals surface area contributed by atoms with E-state index in [0.717, 1.165) is 68.7 Å². The molecule has 6 rings (SSSR count). The Morgan fingerprint density at radius 2 is 2.05 bits per heavy atom. The number of aliphatic hydroxyl groups excluding tert-OH is 1. The van der Waals surface area contributed by atoms with E-state index in [1.165, 1.54) is 38.4 Å². The average Bonchev–Trinajstić information content (AvgIpc) is 3.30. The Morgan fingerprint density at radius 1 is 1.18 bits per heavy atom. The highest BCUT2D eigenvalue weighted by Crippen LogP contribution is 2.67. The summed E-state index contributed by atoms with van der Waals surface area (Å²) in [5.41, 5.74) is 2.28. The second kappa shape index (κ2) is 10.8. The first-order valence-electron chi connectivity index (χ1n) is 15.9. The van der Waals surface area contributed by atoms with Crippen LogP contribution in [0.1, 0.15) is 97.8 Å². The van der Waals surface area contributed by atoms with E-state index in [2.05, 4.69) is 36.8 Å². The molecular formula is C33H49N3O3. The Hall–Kier alpha value is -1.95. The van der Waals surface area contributed by atoms with Crippen molar-refractivity contribution in [2.24, 2.45) is 40.4 Å². The summed E-state index contributed by atoms with van der Waals surface area (Å²) in [7, 11) is 0. The number of piperidine rings is 1. The minimum Gasteiger partial charge on any atom is -0.472 e. The fourth-order valence-corrected chi connectivity index (χ4v) is 10.1. The average molecular weight is 536 g/mol. The summed E-state index contributed by atoms with van der Waals surface area (Å²) in [5.74, 6) is 4.58. The van der Waals surface area contributed by atoms with Gasteiger partial charge in [0.05, 0.1) is 12.6 Å². The van der Waals surface area contributed by atoms with Crippen LogP contribution in [0.4, 0.5) is 0 Å². The molecular weight excluding hydrogens is 486 g/mol. The molecule has 1 unspecified atom stereocenters. The number of hydrogen-bond donors (Lipinski definition) is 1. The number of ether oxygens (including phenoxy) is 1. The summed E-state index contributed by atoms with van der Waals surface area (Å²) in [6.07, 6.45) is 18.8. The highest BCUT2D eigenvalue weighted by molar-refractivity contribution is 5.76. The second-order valence-corrected chi connectivity index (χ2v) is 14.2. The third-order valence-corrected chi connectivity index (χ3v) is 12.2. The van der Waals surface area contributed by atoms with Crippen molar-refractivity contribution in [2.75, 3.05) is 13.1 Å². The van der Waals surface area contributed by atoms with Crippen LogP contribution in [0, 0.1) is 40.4 Å². The largest absolute Gasteiger partial charge is 0.472 e. The summed E-state index contributed by atoms with van der Waals surface area (Å²) in [6.45, 7) is 9.06. The van der Waals surface area contributed by atoms with Gasteiger partial charge in [-0.1, -0.05) is 32.4 Å². The lowest BCUT2D eigenvalue weighted by atomic mass is 9.47. The Balaban J connectivity index is 1.05. The van der Waals surface area contributed by atoms with E-state index >= 15 is 0 Å². The number of carbonyl (C=O) groups excluding carboxylic acids is 1. The number of allylic oxidation sites excluding steroid dienone is 1. The number of aromatic nitrogens is 2. The van der Waals surface area contributed by atoms with Crippen molar-refractivity contribution >= 4 is 5.91 Å². The quantitative estimate of drug-likeness (QED) is 0.439. The minimum absolute atomic E-state index is 0.0130. The molecule has 4 fully saturated rings. The molecule has 1 aromatic rings. The maximum atomic E-state index is 13.3. The number of fused-ring (bicyclic) bond motifs is 5. The van der Waals surface area contributed by atoms with E-state index in [1.807, 2.05) is 4.90 Å². The first-order valence-corrected chi connectivity index (χ1v) is 15.9. The van der Waals surface area contributed by atoms with Gasteiger partial charge in [-0.15, -0.1) is 0 Å². The van der Waals surface area contributed by atoms with Gasteiger partial charge in [-0.2, -0.15) is 0 Å². The number of amides is 1. The molecule has 0 aromatic carbocycles. The van der Waals surface area contributed by atoms with E-state index in [9.17, 15) is 9.90 Å². The van der Waals surface area contributed by atoms with E-state index in [0.29, 0.717) is 41.5 Å². The van der Waals surface area contributed by atoms with Crippen LogP contribution in [-0.2, 0) is 4.79 Å². The van der Waals surface area contributed by atoms with E-state index in [1.54, 1.807) is 17.8 Å². The standard InChI is InChI=1S/C33H49N3O3/c1-22(6-11-31(38)36-18-4-5-25(20-36)39-30-14-17-34-21-35-30)27-9-10-28-26-8-7-23-19-24(37)12-15-32(23,2)29(26)13-16-33(27,28)3/h7,14,17,21-22,24-29,37H,4-6,8-13,15-16,18-20H2,1-3H3/t22?,24-,25-,26-,27+,28-,29-,32-,33+/m0/s1. The molecule has 0 bridgehead atoms. The molecule has 1 N–H and O–H groups in total. The molecule has 1 aromatic heterocycles. The molecule has 9 atom stereocenters. The molecule has 1 saturated heterocycles. The monoisotopic (exact) mass is 535 g/mol. The van der Waals surface area contributed by atoms with Gasteiger partial charge in [-0.3, -0.25) is 4.79 Å². The number of likely N-dealkylation sites (tertiary alicyclic amines) is 1. The summed E-state index contributed by atoms with van der Waals surface area (Å²) >= 11 is 0. The van der Waals surface area contributed by atoms with Crippen LogP contribution in [0.25, 0.3) is 0 Å². The zero-order valence-electron chi connectivity index (χ0n) is 24.4. The molecule has 2 heterocycles. The lowest BCUT2D eigenvalue weighted by molar-refractivity contribution is -0.134. The molecule has 0 radical (unpaired) electrons. The van der Waals surface area contributed by atoms with Crippen LogP contribution < -0.4 is 4.74 Å². The van der Waals surface area contributed by atoms with Gasteiger partial charge >= 0.3 is 0 Å². The number of hydrogen-bond acceptors (Lipinski definition) is 5. The Labute approximate surface area is 235 Å². The summed E-state index contributed by atoms with van der Waals surface area (Å²) in [4.78, 5) is 23.5. The normalized spacial score (nSPS) is 40.6. The smallest absolute Gasteiger partial charge is 0.222 e. The number of carbonyl (C=O) groups is 1. The van der Waals surface area contributed by atoms with Gasteiger partial charge in [0.2, 0.25) is 11.8 Å². The maximum absolute atomic E-state index is 13.3. The van der Waals surface area contributed by atoms with Crippen molar-refractivity contribution in [1.82, 2.24) is 14.9 Å². The second-order valence-electron chi connectivity index (χ2n) is 14.2. The van der Waals surface area contributed by atoms with Crippen LogP contribution in [0.5, 0.6) is 5.88 Å². The van der Waals surface area contributed by atoms with Crippen LogP contribution >= 0.6 is 0 Å². The lowest BCUT2D eigenvalue weighted by Crippen LogP contribution is -2.50. The third kappa shape index (κ3) is 5.04. The van der Waals surface area contributed by atoms with Crippen molar-refractivity contribution in [3.63, 3.8) is 0 Å². The van der Waals surface area contributed by atoms with Crippen molar-refractivity contribution in [3.05, 3.63) is 30.2 Å². The zero-order valence-corrected chi connectivity index (χ0v) is 24.4. The van der Waals surface area contributed by atoms with Crippen molar-refractivity contribution < 1.29 is 14.6 Å². The molecule has 6 nitrogen and oxygen atoms in total. The number of aliphatic hydroxyl groups is 1. The van der Waals surface area contributed by atoms with E-state index in [-0.39, 0.29) is 12.2 Å². The Bertz CT molecular complexity index is 1060. The molecule has 214 valence electrons. The van der Waals surface area contributed by atoms with Gasteiger partial charge in [0.25, 0.3) is 0 Å². The molecule has 1 aliphatic heterocycles. The third-order valence-electron chi connectivity index (χ3n) is 12.2. The zero-order chi connectivity index (χ0) is 27.2. The first-order chi connectivity index (χ1) is 18.8. The van der Waals surface area contributed by atoms with Gasteiger partial charge in [0.1, 0.15) is 12.4 Å². The van der Waals surface area contributed by atoms with Crippen molar-refractivity contribution in [3.8, 4) is 5.88 Å². The maximum Gasteiger partial charge on any atom is 0.222 e. The van der Waals surface area contributed by atoms with Gasteiger partial charge in [-0.25, -0.2) is 9.97 Å². The van der Waals surface area contributed by atoms with Crippen LogP contribution in [-0.4, -0.2) is 51.2 Å². The van der Waals surface area contributed by atoms with Crippen LogP contribution in [0.2, 0.25) is 0 Å². The van der Waals surface area contributed by atoms with Crippen LogP contribution in [0.15, 0.2) is 30.2 Å². The van der Waals surface area contributed by atoms with E-state index in [4.69, 9.17) is 4.74 Å². The van der Waals surface area contributed by atoms with Gasteiger partial charge in [-0.05, 0) is 111 Å². The Morgan fingerprint density at radius 3 is 2.87 bits per heavy atom. The van der Waals surface area contributed by atoms with Gasteiger partial charge in [0, 0.05) is 25.2 Å². The summed E-state index contributed by atoms with van der Waals surface area (Å²) in [6, 6.07) is 1.79. The predicted octanol–water partition coefficient (Wildman–Crippen LogP) is 6.20. The summed E-state index contributed by atoms with van der Waals surface area (Å²) in [5, 5.41) is 10.3. The molecule has 1 amide bonds. The topological polar surface area (TPSA) is 75.6 Å². The number of nitrogens with zero attached hydrogens (tertiary/aromatic N) is 3. The molecule has 39 heavy (non-hydrogen) atoms. The minimum atomic E-state index is -0.129. The predicted molar refractivity (Wildman–Crippen MR) is 152 cm³/mol. The van der Waals surface area contributed by atoms with Crippen molar-refractivity contribution in [1.29, 1.82) is 0 Å². The highest BCUT2D eigenvalue weighted by Gasteiger charge is 2.59.